The van der Waals surface area contributed by atoms with E-state index in [9.17, 15) is 4.79 Å². The highest BCUT2D eigenvalue weighted by Crippen LogP contribution is 2.31. The molecule has 2 N–H and O–H groups in total. The molecule has 1 saturated heterocycles. The van der Waals surface area contributed by atoms with Crippen LogP contribution < -0.4 is 5.73 Å². The average molecular weight is 198 g/mol. The lowest BCUT2D eigenvalue weighted by Gasteiger charge is -2.40. The number of carbonyl (C=O) groups is 1. The fourth-order valence-corrected chi connectivity index (χ4v) is 2.52. The van der Waals surface area contributed by atoms with Crippen molar-refractivity contribution in [1.82, 2.24) is 4.90 Å². The SMILES string of the molecule is CCC(CC)(CC)N1CC(N)CC1=O. The van der Waals surface area contributed by atoms with Gasteiger partial charge < -0.3 is 10.6 Å². The van der Waals surface area contributed by atoms with Crippen molar-refractivity contribution in [2.45, 2.75) is 58.0 Å². The molecule has 0 radical (unpaired) electrons. The number of amides is 1. The van der Waals surface area contributed by atoms with Gasteiger partial charge in [-0.1, -0.05) is 20.8 Å². The molecule has 82 valence electrons. The summed E-state index contributed by atoms with van der Waals surface area (Å²) in [5.41, 5.74) is 5.87. The molecule has 1 aliphatic heterocycles. The predicted molar refractivity (Wildman–Crippen MR) is 57.9 cm³/mol. The van der Waals surface area contributed by atoms with Crippen LogP contribution in [0.5, 0.6) is 0 Å². The van der Waals surface area contributed by atoms with Crippen LogP contribution in [0, 0.1) is 0 Å². The summed E-state index contributed by atoms with van der Waals surface area (Å²) in [6.07, 6.45) is 3.61. The van der Waals surface area contributed by atoms with E-state index in [1.165, 1.54) is 0 Å². The van der Waals surface area contributed by atoms with Gasteiger partial charge in [0.05, 0.1) is 0 Å². The Labute approximate surface area is 86.6 Å². The van der Waals surface area contributed by atoms with Crippen LogP contribution in [0.2, 0.25) is 0 Å². The quantitative estimate of drug-likeness (QED) is 0.744. The largest absolute Gasteiger partial charge is 0.335 e. The second-order valence-corrected chi connectivity index (χ2v) is 4.25. The molecule has 1 unspecified atom stereocenters. The normalized spacial score (nSPS) is 23.3. The van der Waals surface area contributed by atoms with Gasteiger partial charge in [0, 0.05) is 24.5 Å². The van der Waals surface area contributed by atoms with E-state index in [0.717, 1.165) is 25.8 Å². The lowest BCUT2D eigenvalue weighted by Crippen LogP contribution is -2.49. The van der Waals surface area contributed by atoms with Crippen LogP contribution in [-0.2, 0) is 4.79 Å². The molecule has 3 nitrogen and oxygen atoms in total. The third kappa shape index (κ3) is 1.78. The van der Waals surface area contributed by atoms with Crippen LogP contribution in [-0.4, -0.2) is 28.9 Å². The molecule has 1 atom stereocenters. The Kier molecular flexibility index (Phi) is 3.53. The van der Waals surface area contributed by atoms with Crippen LogP contribution in [0.4, 0.5) is 0 Å². The van der Waals surface area contributed by atoms with E-state index < -0.39 is 0 Å². The molecule has 0 saturated carbocycles. The maximum Gasteiger partial charge on any atom is 0.224 e. The van der Waals surface area contributed by atoms with Crippen LogP contribution in [0.1, 0.15) is 46.5 Å². The van der Waals surface area contributed by atoms with Crippen molar-refractivity contribution in [3.05, 3.63) is 0 Å². The van der Waals surface area contributed by atoms with E-state index in [2.05, 4.69) is 20.8 Å². The Morgan fingerprint density at radius 2 is 1.86 bits per heavy atom. The van der Waals surface area contributed by atoms with Gasteiger partial charge in [0.1, 0.15) is 0 Å². The van der Waals surface area contributed by atoms with Gasteiger partial charge in [0.15, 0.2) is 0 Å². The molecule has 1 amide bonds. The molecule has 0 aromatic heterocycles. The molecule has 0 bridgehead atoms. The summed E-state index contributed by atoms with van der Waals surface area (Å²) in [4.78, 5) is 13.8. The average Bonchev–Trinajstić information content (AvgIpc) is 2.51. The molecule has 14 heavy (non-hydrogen) atoms. The molecular formula is C11H22N2O. The van der Waals surface area contributed by atoms with E-state index in [4.69, 9.17) is 5.73 Å². The number of hydrogen-bond acceptors (Lipinski definition) is 2. The second-order valence-electron chi connectivity index (χ2n) is 4.25. The number of hydrogen-bond donors (Lipinski definition) is 1. The van der Waals surface area contributed by atoms with Crippen molar-refractivity contribution < 1.29 is 4.79 Å². The lowest BCUT2D eigenvalue weighted by atomic mass is 9.88. The second kappa shape index (κ2) is 4.30. The minimum atomic E-state index is 0.0477. The molecule has 0 aromatic carbocycles. The van der Waals surface area contributed by atoms with Gasteiger partial charge in [-0.15, -0.1) is 0 Å². The first-order chi connectivity index (χ1) is 6.59. The zero-order chi connectivity index (χ0) is 10.8. The molecule has 0 aromatic rings. The number of rotatable bonds is 4. The Balaban J connectivity index is 2.83. The van der Waals surface area contributed by atoms with E-state index in [-0.39, 0.29) is 17.5 Å². The highest BCUT2D eigenvalue weighted by atomic mass is 16.2. The van der Waals surface area contributed by atoms with Gasteiger partial charge in [-0.05, 0) is 19.3 Å². The topological polar surface area (TPSA) is 46.3 Å². The van der Waals surface area contributed by atoms with Gasteiger partial charge in [-0.2, -0.15) is 0 Å². The van der Waals surface area contributed by atoms with E-state index in [1.54, 1.807) is 0 Å². The fraction of sp³-hybridized carbons (Fsp3) is 0.909. The summed E-state index contributed by atoms with van der Waals surface area (Å²) in [6.45, 7) is 7.22. The Morgan fingerprint density at radius 3 is 2.14 bits per heavy atom. The summed E-state index contributed by atoms with van der Waals surface area (Å²) in [6, 6.07) is 0.0477. The minimum absolute atomic E-state index is 0.0477. The molecular weight excluding hydrogens is 176 g/mol. The van der Waals surface area contributed by atoms with E-state index >= 15 is 0 Å². The molecule has 0 spiro atoms. The lowest BCUT2D eigenvalue weighted by molar-refractivity contribution is -0.133. The number of carbonyl (C=O) groups excluding carboxylic acids is 1. The van der Waals surface area contributed by atoms with Crippen LogP contribution in [0.15, 0.2) is 0 Å². The monoisotopic (exact) mass is 198 g/mol. The van der Waals surface area contributed by atoms with E-state index in [1.807, 2.05) is 4.90 Å². The van der Waals surface area contributed by atoms with Crippen molar-refractivity contribution in [3.63, 3.8) is 0 Å². The zero-order valence-corrected chi connectivity index (χ0v) is 9.55. The third-order valence-electron chi connectivity index (χ3n) is 3.70. The summed E-state index contributed by atoms with van der Waals surface area (Å²) in [5.74, 6) is 0.239. The van der Waals surface area contributed by atoms with Crippen molar-refractivity contribution in [2.75, 3.05) is 6.54 Å². The van der Waals surface area contributed by atoms with Gasteiger partial charge >= 0.3 is 0 Å². The maximum absolute atomic E-state index is 11.8. The van der Waals surface area contributed by atoms with Crippen LogP contribution >= 0.6 is 0 Å². The summed E-state index contributed by atoms with van der Waals surface area (Å²) >= 11 is 0. The minimum Gasteiger partial charge on any atom is -0.335 e. The zero-order valence-electron chi connectivity index (χ0n) is 9.55. The Morgan fingerprint density at radius 1 is 1.36 bits per heavy atom. The van der Waals surface area contributed by atoms with Crippen LogP contribution in [0.3, 0.4) is 0 Å². The van der Waals surface area contributed by atoms with E-state index in [0.29, 0.717) is 6.42 Å². The first-order valence-electron chi connectivity index (χ1n) is 5.65. The molecule has 1 fully saturated rings. The standard InChI is InChI=1S/C11H22N2O/c1-4-11(5-2,6-3)13-8-9(12)7-10(13)14/h9H,4-8,12H2,1-3H3. The highest BCUT2D eigenvalue weighted by Gasteiger charge is 2.40. The Bertz CT molecular complexity index is 203. The first-order valence-corrected chi connectivity index (χ1v) is 5.65. The van der Waals surface area contributed by atoms with Gasteiger partial charge in [-0.25, -0.2) is 0 Å². The predicted octanol–water partition coefficient (Wildman–Crippen LogP) is 1.51. The van der Waals surface area contributed by atoms with Gasteiger partial charge in [0.2, 0.25) is 5.91 Å². The van der Waals surface area contributed by atoms with Crippen molar-refractivity contribution in [1.29, 1.82) is 0 Å². The summed E-state index contributed by atoms with van der Waals surface area (Å²) < 4.78 is 0. The number of nitrogens with two attached hydrogens (primary N) is 1. The van der Waals surface area contributed by atoms with Crippen LogP contribution in [0.25, 0.3) is 0 Å². The number of nitrogens with zero attached hydrogens (tertiary/aromatic N) is 1. The molecule has 1 aliphatic rings. The number of likely N-dealkylation sites (tertiary alicyclic amines) is 1. The maximum atomic E-state index is 11.8. The van der Waals surface area contributed by atoms with Gasteiger partial charge in [0.25, 0.3) is 0 Å². The van der Waals surface area contributed by atoms with Gasteiger partial charge in [-0.3, -0.25) is 4.79 Å². The molecule has 3 heteroatoms. The fourth-order valence-electron chi connectivity index (χ4n) is 2.52. The third-order valence-corrected chi connectivity index (χ3v) is 3.70. The highest BCUT2D eigenvalue weighted by molar-refractivity contribution is 5.80. The van der Waals surface area contributed by atoms with Crippen molar-refractivity contribution in [3.8, 4) is 0 Å². The molecule has 1 rings (SSSR count). The molecule has 1 heterocycles. The molecule has 0 aliphatic carbocycles. The van der Waals surface area contributed by atoms with Crippen molar-refractivity contribution >= 4 is 5.91 Å². The van der Waals surface area contributed by atoms with Crippen molar-refractivity contribution in [2.24, 2.45) is 5.73 Å². The summed E-state index contributed by atoms with van der Waals surface area (Å²) in [7, 11) is 0. The summed E-state index contributed by atoms with van der Waals surface area (Å²) in [5, 5.41) is 0. The Hall–Kier alpha value is -0.570. The smallest absolute Gasteiger partial charge is 0.224 e. The first kappa shape index (κ1) is 11.5.